The Labute approximate surface area is 183 Å². The predicted molar refractivity (Wildman–Crippen MR) is 112 cm³/mol. The van der Waals surface area contributed by atoms with Crippen LogP contribution in [-0.2, 0) is 24.8 Å². The van der Waals surface area contributed by atoms with Crippen LogP contribution < -0.4 is 10.1 Å². The molecule has 0 saturated carbocycles. The fourth-order valence-electron chi connectivity index (χ4n) is 3.00. The lowest BCUT2D eigenvalue weighted by atomic mass is 10.0. The fourth-order valence-corrected chi connectivity index (χ4v) is 3.00. The van der Waals surface area contributed by atoms with Crippen LogP contribution in [0, 0.1) is 0 Å². The number of alkyl halides is 3. The summed E-state index contributed by atoms with van der Waals surface area (Å²) in [6.07, 6.45) is -1.47. The van der Waals surface area contributed by atoms with Gasteiger partial charge < -0.3 is 10.1 Å². The maximum Gasteiger partial charge on any atom is 0.422 e. The van der Waals surface area contributed by atoms with Crippen LogP contribution in [0.1, 0.15) is 36.6 Å². The zero-order chi connectivity index (χ0) is 23.3. The average molecular weight is 447 g/mol. The number of carbonyl (C=O) groups is 1. The molecule has 32 heavy (non-hydrogen) atoms. The van der Waals surface area contributed by atoms with E-state index >= 15 is 0 Å². The zero-order valence-corrected chi connectivity index (χ0v) is 18.0. The van der Waals surface area contributed by atoms with Crippen LogP contribution in [0.25, 0.3) is 11.3 Å². The summed E-state index contributed by atoms with van der Waals surface area (Å²) in [5, 5.41) is 10.6. The van der Waals surface area contributed by atoms with Crippen molar-refractivity contribution >= 4 is 5.91 Å². The Bertz CT molecular complexity index is 1060. The van der Waals surface area contributed by atoms with Crippen molar-refractivity contribution in [1.82, 2.24) is 25.3 Å². The van der Waals surface area contributed by atoms with Gasteiger partial charge in [-0.2, -0.15) is 13.2 Å². The number of halogens is 3. The van der Waals surface area contributed by atoms with Gasteiger partial charge in [0.15, 0.2) is 6.61 Å². The molecule has 1 amide bonds. The highest BCUT2D eigenvalue weighted by atomic mass is 19.4. The van der Waals surface area contributed by atoms with Crippen LogP contribution in [0.3, 0.4) is 0 Å². The largest absolute Gasteiger partial charge is 0.482 e. The summed E-state index contributed by atoms with van der Waals surface area (Å²) < 4.78 is 43.7. The summed E-state index contributed by atoms with van der Waals surface area (Å²) in [7, 11) is 1.67. The van der Waals surface area contributed by atoms with E-state index in [1.165, 1.54) is 22.5 Å². The Kier molecular flexibility index (Phi) is 7.12. The molecule has 3 rings (SSSR count). The molecular weight excluding hydrogens is 423 g/mol. The first-order valence-corrected chi connectivity index (χ1v) is 10.0. The second-order valence-corrected chi connectivity index (χ2v) is 7.70. The number of rotatable bonds is 8. The summed E-state index contributed by atoms with van der Waals surface area (Å²) in [6, 6.07) is 9.26. The number of hydrogen-bond acceptors (Lipinski definition) is 5. The highest BCUT2D eigenvalue weighted by molar-refractivity contribution is 5.78. The lowest BCUT2D eigenvalue weighted by Gasteiger charge is -2.13. The van der Waals surface area contributed by atoms with Gasteiger partial charge >= 0.3 is 6.18 Å². The van der Waals surface area contributed by atoms with E-state index in [0.717, 1.165) is 5.56 Å². The lowest BCUT2D eigenvalue weighted by molar-refractivity contribution is -0.153. The molecule has 2 aromatic heterocycles. The van der Waals surface area contributed by atoms with Crippen LogP contribution in [-0.4, -0.2) is 38.7 Å². The normalized spacial score (nSPS) is 11.6. The number of benzene rings is 1. The third kappa shape index (κ3) is 6.53. The maximum absolute atomic E-state index is 12.5. The molecule has 0 aliphatic heterocycles. The van der Waals surface area contributed by atoms with E-state index in [9.17, 15) is 18.0 Å². The molecular formula is C22H24F3N5O2. The Balaban J connectivity index is 1.71. The standard InChI is InChI=1S/C22H24F3N5O2/c1-14(2)16-6-4-15(5-7-16)8-21(31)27-11-19-18(20-12-30(3)29-28-20)9-17(10-26-19)32-13-22(23,24)25/h4-7,9-10,12,14H,8,11,13H2,1-3H3,(H,27,31). The van der Waals surface area contributed by atoms with E-state index < -0.39 is 12.8 Å². The number of nitrogens with zero attached hydrogens (tertiary/aromatic N) is 4. The topological polar surface area (TPSA) is 81.9 Å². The second-order valence-electron chi connectivity index (χ2n) is 7.70. The summed E-state index contributed by atoms with van der Waals surface area (Å²) in [4.78, 5) is 16.6. The van der Waals surface area contributed by atoms with Crippen molar-refractivity contribution in [2.24, 2.45) is 7.05 Å². The predicted octanol–water partition coefficient (Wildman–Crippen LogP) is 3.80. The van der Waals surface area contributed by atoms with Crippen LogP contribution in [0.2, 0.25) is 0 Å². The van der Waals surface area contributed by atoms with E-state index in [1.54, 1.807) is 13.2 Å². The molecule has 1 N–H and O–H groups in total. The number of aromatic nitrogens is 4. The fraction of sp³-hybridized carbons (Fsp3) is 0.364. The SMILES string of the molecule is CC(C)c1ccc(CC(=O)NCc2ncc(OCC(F)(F)F)cc2-c2cn(C)nn2)cc1. The molecule has 0 saturated heterocycles. The molecule has 1 aromatic carbocycles. The van der Waals surface area contributed by atoms with Gasteiger partial charge in [-0.25, -0.2) is 0 Å². The van der Waals surface area contributed by atoms with E-state index in [2.05, 4.69) is 34.5 Å². The van der Waals surface area contributed by atoms with Gasteiger partial charge in [-0.1, -0.05) is 43.3 Å². The summed E-state index contributed by atoms with van der Waals surface area (Å²) in [6.45, 7) is 2.85. The van der Waals surface area contributed by atoms with Crippen LogP contribution in [0.5, 0.6) is 5.75 Å². The van der Waals surface area contributed by atoms with Crippen LogP contribution >= 0.6 is 0 Å². The number of aryl methyl sites for hydroxylation is 1. The maximum atomic E-state index is 12.5. The molecule has 0 aliphatic rings. The first kappa shape index (κ1) is 23.2. The molecule has 7 nitrogen and oxygen atoms in total. The highest BCUT2D eigenvalue weighted by Crippen LogP contribution is 2.26. The molecule has 0 atom stereocenters. The first-order chi connectivity index (χ1) is 15.1. The molecule has 170 valence electrons. The van der Waals surface area contributed by atoms with Crippen LogP contribution in [0.4, 0.5) is 13.2 Å². The molecule has 0 radical (unpaired) electrons. The van der Waals surface area contributed by atoms with Gasteiger partial charge in [-0.15, -0.1) is 5.10 Å². The third-order valence-electron chi connectivity index (χ3n) is 4.69. The minimum Gasteiger partial charge on any atom is -0.482 e. The molecule has 0 unspecified atom stereocenters. The van der Waals surface area contributed by atoms with Crippen LogP contribution in [0.15, 0.2) is 42.7 Å². The third-order valence-corrected chi connectivity index (χ3v) is 4.69. The minimum absolute atomic E-state index is 0.0525. The quantitative estimate of drug-likeness (QED) is 0.568. The average Bonchev–Trinajstić information content (AvgIpc) is 3.17. The van der Waals surface area contributed by atoms with Gasteiger partial charge in [0.2, 0.25) is 5.91 Å². The molecule has 10 heteroatoms. The second kappa shape index (κ2) is 9.80. The van der Waals surface area contributed by atoms with Crippen molar-refractivity contribution in [3.05, 3.63) is 59.5 Å². The van der Waals surface area contributed by atoms with Gasteiger partial charge in [-0.05, 0) is 23.1 Å². The summed E-state index contributed by atoms with van der Waals surface area (Å²) in [5.74, 6) is 0.154. The molecule has 0 aliphatic carbocycles. The Morgan fingerprint density at radius 1 is 1.22 bits per heavy atom. The molecule has 0 bridgehead atoms. The van der Waals surface area contributed by atoms with Gasteiger partial charge in [0.25, 0.3) is 0 Å². The molecule has 0 spiro atoms. The van der Waals surface area contributed by atoms with E-state index in [4.69, 9.17) is 4.74 Å². The number of ether oxygens (including phenoxy) is 1. The number of amides is 1. The smallest absolute Gasteiger partial charge is 0.422 e. The minimum atomic E-state index is -4.47. The van der Waals surface area contributed by atoms with Crippen molar-refractivity contribution in [3.63, 3.8) is 0 Å². The Morgan fingerprint density at radius 3 is 2.53 bits per heavy atom. The Morgan fingerprint density at radius 2 is 1.94 bits per heavy atom. The van der Waals surface area contributed by atoms with Crippen molar-refractivity contribution in [2.45, 2.75) is 38.9 Å². The van der Waals surface area contributed by atoms with Crippen molar-refractivity contribution in [2.75, 3.05) is 6.61 Å². The van der Waals surface area contributed by atoms with Gasteiger partial charge in [0.05, 0.1) is 31.1 Å². The van der Waals surface area contributed by atoms with Gasteiger partial charge in [-0.3, -0.25) is 14.5 Å². The lowest BCUT2D eigenvalue weighted by Crippen LogP contribution is -2.25. The van der Waals surface area contributed by atoms with Crippen molar-refractivity contribution in [1.29, 1.82) is 0 Å². The monoisotopic (exact) mass is 447 g/mol. The molecule has 2 heterocycles. The summed E-state index contributed by atoms with van der Waals surface area (Å²) in [5.41, 5.74) is 3.35. The Hall–Kier alpha value is -3.43. The first-order valence-electron chi connectivity index (χ1n) is 10.0. The number of pyridine rings is 1. The molecule has 0 fully saturated rings. The number of hydrogen-bond donors (Lipinski definition) is 1. The molecule has 3 aromatic rings. The highest BCUT2D eigenvalue weighted by Gasteiger charge is 2.28. The zero-order valence-electron chi connectivity index (χ0n) is 18.0. The number of nitrogens with one attached hydrogen (secondary N) is 1. The van der Waals surface area contributed by atoms with Gasteiger partial charge in [0, 0.05) is 12.6 Å². The van der Waals surface area contributed by atoms with E-state index in [0.29, 0.717) is 22.9 Å². The van der Waals surface area contributed by atoms with E-state index in [-0.39, 0.29) is 24.6 Å². The van der Waals surface area contributed by atoms with E-state index in [1.807, 2.05) is 24.3 Å². The van der Waals surface area contributed by atoms with Gasteiger partial charge in [0.1, 0.15) is 11.4 Å². The summed E-state index contributed by atoms with van der Waals surface area (Å²) >= 11 is 0. The van der Waals surface area contributed by atoms with Crippen molar-refractivity contribution < 1.29 is 22.7 Å². The van der Waals surface area contributed by atoms with Crippen molar-refractivity contribution in [3.8, 4) is 17.0 Å². The number of carbonyl (C=O) groups excluding carboxylic acids is 1.